The quantitative estimate of drug-likeness (QED) is 0.429. The number of rotatable bonds is 5. The molecule has 0 bridgehead atoms. The van der Waals surface area contributed by atoms with Crippen molar-refractivity contribution in [2.24, 2.45) is 0 Å². The van der Waals surface area contributed by atoms with Crippen LogP contribution >= 0.6 is 0 Å². The van der Waals surface area contributed by atoms with Gasteiger partial charge in [0.2, 0.25) is 5.91 Å². The molecule has 0 rings (SSSR count). The predicted octanol–water partition coefficient (Wildman–Crippen LogP) is -1.55. The van der Waals surface area contributed by atoms with Crippen molar-refractivity contribution in [3.63, 3.8) is 0 Å². The van der Waals surface area contributed by atoms with Gasteiger partial charge in [-0.15, -0.1) is 0 Å². The van der Waals surface area contributed by atoms with E-state index in [1.165, 1.54) is 6.92 Å². The lowest BCUT2D eigenvalue weighted by atomic mass is 10.5. The Morgan fingerprint density at radius 3 is 2.82 bits per heavy atom. The van der Waals surface area contributed by atoms with Gasteiger partial charge in [0.15, 0.2) is 6.29 Å². The Morgan fingerprint density at radius 2 is 2.36 bits per heavy atom. The molecule has 0 fully saturated rings. The summed E-state index contributed by atoms with van der Waals surface area (Å²) in [5.41, 5.74) is 0. The highest BCUT2D eigenvalue weighted by molar-refractivity contribution is 5.72. The maximum atomic E-state index is 10.3. The Kier molecular flexibility index (Phi) is 5.73. The Bertz CT molecular complexity index is 117. The van der Waals surface area contributed by atoms with E-state index in [1.54, 1.807) is 0 Å². The lowest BCUT2D eigenvalue weighted by Crippen LogP contribution is -2.32. The van der Waals surface area contributed by atoms with E-state index in [2.05, 4.69) is 10.1 Å². The third-order valence-corrected chi connectivity index (χ3v) is 0.927. The van der Waals surface area contributed by atoms with E-state index in [9.17, 15) is 4.79 Å². The highest BCUT2D eigenvalue weighted by Gasteiger charge is 2.02. The van der Waals surface area contributed by atoms with Crippen LogP contribution < -0.4 is 5.32 Å². The summed E-state index contributed by atoms with van der Waals surface area (Å²) in [6.07, 6.45) is -1.04. The lowest BCUT2D eigenvalue weighted by molar-refractivity contribution is -0.126. The average molecular weight is 163 g/mol. The molecule has 1 amide bonds. The molecule has 11 heavy (non-hydrogen) atoms. The second-order valence-corrected chi connectivity index (χ2v) is 1.99. The fraction of sp³-hybridized carbons (Fsp3) is 0.833. The van der Waals surface area contributed by atoms with Crippen molar-refractivity contribution >= 4 is 5.91 Å². The molecule has 0 aromatic heterocycles. The number of carbonyl (C=O) groups excluding carboxylic acids is 1. The van der Waals surface area contributed by atoms with E-state index in [-0.39, 0.29) is 25.7 Å². The number of hydrogen-bond acceptors (Lipinski definition) is 4. The van der Waals surface area contributed by atoms with E-state index in [0.29, 0.717) is 0 Å². The summed E-state index contributed by atoms with van der Waals surface area (Å²) in [5, 5.41) is 19.5. The maximum absolute atomic E-state index is 10.3. The molecule has 0 saturated heterocycles. The van der Waals surface area contributed by atoms with Crippen LogP contribution in [0.3, 0.4) is 0 Å². The third kappa shape index (κ3) is 7.24. The highest BCUT2D eigenvalue weighted by Crippen LogP contribution is 1.83. The molecular weight excluding hydrogens is 150 g/mol. The minimum absolute atomic E-state index is 0.0509. The van der Waals surface area contributed by atoms with Crippen LogP contribution in [0.2, 0.25) is 0 Å². The van der Waals surface area contributed by atoms with Crippen molar-refractivity contribution in [2.75, 3.05) is 19.8 Å². The van der Waals surface area contributed by atoms with E-state index < -0.39 is 6.29 Å². The zero-order chi connectivity index (χ0) is 8.69. The maximum Gasteiger partial charge on any atom is 0.217 e. The van der Waals surface area contributed by atoms with Crippen molar-refractivity contribution in [1.29, 1.82) is 0 Å². The first-order chi connectivity index (χ1) is 5.16. The summed E-state index contributed by atoms with van der Waals surface area (Å²) in [5.74, 6) is -0.225. The standard InChI is InChI=1S/C6H13NO4/c1-5(9)7-4-6(10)11-3-2-8/h6,8,10H,2-4H2,1H3,(H,7,9)/t6-/m1/s1. The molecule has 0 unspecified atom stereocenters. The van der Waals surface area contributed by atoms with Gasteiger partial charge >= 0.3 is 0 Å². The molecule has 0 spiro atoms. The molecular formula is C6H13NO4. The number of ether oxygens (including phenoxy) is 1. The molecule has 0 aromatic carbocycles. The number of nitrogens with one attached hydrogen (secondary N) is 1. The molecule has 0 aliphatic rings. The zero-order valence-electron chi connectivity index (χ0n) is 6.41. The molecule has 3 N–H and O–H groups in total. The first kappa shape index (κ1) is 10.3. The molecule has 0 aromatic rings. The lowest BCUT2D eigenvalue weighted by Gasteiger charge is -2.10. The van der Waals surface area contributed by atoms with Crippen LogP contribution in [-0.2, 0) is 9.53 Å². The van der Waals surface area contributed by atoms with E-state index >= 15 is 0 Å². The number of hydrogen-bond donors (Lipinski definition) is 3. The monoisotopic (exact) mass is 163 g/mol. The summed E-state index contributed by atoms with van der Waals surface area (Å²) >= 11 is 0. The van der Waals surface area contributed by atoms with Crippen LogP contribution in [0, 0.1) is 0 Å². The fourth-order valence-corrected chi connectivity index (χ4v) is 0.479. The minimum Gasteiger partial charge on any atom is -0.394 e. The second-order valence-electron chi connectivity index (χ2n) is 1.99. The topological polar surface area (TPSA) is 78.8 Å². The largest absolute Gasteiger partial charge is 0.394 e. The van der Waals surface area contributed by atoms with Gasteiger partial charge in [-0.2, -0.15) is 0 Å². The Hall–Kier alpha value is -0.650. The third-order valence-electron chi connectivity index (χ3n) is 0.927. The van der Waals surface area contributed by atoms with E-state index in [0.717, 1.165) is 0 Å². The number of amides is 1. The molecule has 0 saturated carbocycles. The predicted molar refractivity (Wildman–Crippen MR) is 37.7 cm³/mol. The van der Waals surface area contributed by atoms with Crippen LogP contribution in [0.25, 0.3) is 0 Å². The van der Waals surface area contributed by atoms with Gasteiger partial charge in [-0.1, -0.05) is 0 Å². The SMILES string of the molecule is CC(=O)NC[C@H](O)OCCO. The van der Waals surface area contributed by atoms with Gasteiger partial charge in [-0.05, 0) is 0 Å². The van der Waals surface area contributed by atoms with Gasteiger partial charge in [0, 0.05) is 6.92 Å². The minimum atomic E-state index is -1.04. The van der Waals surface area contributed by atoms with Gasteiger partial charge in [-0.3, -0.25) is 4.79 Å². The van der Waals surface area contributed by atoms with Crippen molar-refractivity contribution in [1.82, 2.24) is 5.32 Å². The molecule has 0 aliphatic carbocycles. The summed E-state index contributed by atoms with van der Waals surface area (Å²) < 4.78 is 4.63. The number of aliphatic hydroxyl groups is 2. The summed E-state index contributed by atoms with van der Waals surface area (Å²) in [7, 11) is 0. The van der Waals surface area contributed by atoms with E-state index in [1.807, 2.05) is 0 Å². The van der Waals surface area contributed by atoms with Crippen molar-refractivity contribution in [3.05, 3.63) is 0 Å². The Balaban J connectivity index is 3.22. The van der Waals surface area contributed by atoms with Crippen LogP contribution in [0.15, 0.2) is 0 Å². The Labute approximate surface area is 65.0 Å². The molecule has 0 heterocycles. The van der Waals surface area contributed by atoms with Gasteiger partial charge < -0.3 is 20.3 Å². The first-order valence-electron chi connectivity index (χ1n) is 3.31. The fourth-order valence-electron chi connectivity index (χ4n) is 0.479. The molecule has 1 atom stereocenters. The molecule has 5 nitrogen and oxygen atoms in total. The van der Waals surface area contributed by atoms with Gasteiger partial charge in [-0.25, -0.2) is 0 Å². The van der Waals surface area contributed by atoms with Crippen LogP contribution in [-0.4, -0.2) is 42.2 Å². The Morgan fingerprint density at radius 1 is 1.73 bits per heavy atom. The van der Waals surface area contributed by atoms with Crippen LogP contribution in [0.1, 0.15) is 6.92 Å². The average Bonchev–Trinajstić information content (AvgIpc) is 1.97. The molecule has 0 aliphatic heterocycles. The van der Waals surface area contributed by atoms with Gasteiger partial charge in [0.1, 0.15) is 0 Å². The summed E-state index contributed by atoms with van der Waals surface area (Å²) in [4.78, 5) is 10.3. The van der Waals surface area contributed by atoms with Crippen LogP contribution in [0.4, 0.5) is 0 Å². The van der Waals surface area contributed by atoms with Crippen LogP contribution in [0.5, 0.6) is 0 Å². The highest BCUT2D eigenvalue weighted by atomic mass is 16.6. The van der Waals surface area contributed by atoms with E-state index in [4.69, 9.17) is 10.2 Å². The zero-order valence-corrected chi connectivity index (χ0v) is 6.41. The van der Waals surface area contributed by atoms with Crippen molar-refractivity contribution in [3.8, 4) is 0 Å². The normalized spacial score (nSPS) is 12.6. The van der Waals surface area contributed by atoms with Crippen molar-refractivity contribution < 1.29 is 19.7 Å². The number of carbonyl (C=O) groups is 1. The number of aliphatic hydroxyl groups excluding tert-OH is 2. The van der Waals surface area contributed by atoms with Gasteiger partial charge in [0.05, 0.1) is 19.8 Å². The second kappa shape index (κ2) is 6.09. The summed E-state index contributed by atoms with van der Waals surface area (Å²) in [6, 6.07) is 0. The first-order valence-corrected chi connectivity index (χ1v) is 3.31. The molecule has 5 heteroatoms. The smallest absolute Gasteiger partial charge is 0.217 e. The van der Waals surface area contributed by atoms with Crippen molar-refractivity contribution in [2.45, 2.75) is 13.2 Å². The molecule has 0 radical (unpaired) electrons. The summed E-state index contributed by atoms with van der Waals surface area (Å²) in [6.45, 7) is 1.33. The van der Waals surface area contributed by atoms with Gasteiger partial charge in [0.25, 0.3) is 0 Å². The molecule has 66 valence electrons.